The van der Waals surface area contributed by atoms with Crippen LogP contribution < -0.4 is 4.74 Å². The number of hydrogen-bond acceptors (Lipinski definition) is 3. The highest BCUT2D eigenvalue weighted by molar-refractivity contribution is 7.09. The monoisotopic (exact) mass is 276 g/mol. The molecule has 102 valence electrons. The van der Waals surface area contributed by atoms with E-state index in [0.29, 0.717) is 6.42 Å². The van der Waals surface area contributed by atoms with Gasteiger partial charge in [-0.2, -0.15) is 0 Å². The third-order valence-electron chi connectivity index (χ3n) is 3.15. The van der Waals surface area contributed by atoms with Crippen LogP contribution in [-0.2, 0) is 12.8 Å². The molecular weight excluding hydrogens is 256 g/mol. The number of rotatable bonds is 7. The average molecular weight is 276 g/mol. The number of methoxy groups -OCH3 is 1. The Morgan fingerprint density at radius 2 is 2.16 bits per heavy atom. The van der Waals surface area contributed by atoms with Crippen LogP contribution in [0.4, 0.5) is 0 Å². The van der Waals surface area contributed by atoms with Crippen LogP contribution in [0.5, 0.6) is 5.75 Å². The molecule has 2 rings (SSSR count). The zero-order chi connectivity index (χ0) is 13.5. The Hall–Kier alpha value is -1.32. The van der Waals surface area contributed by atoms with Gasteiger partial charge in [0.1, 0.15) is 5.75 Å². The normalized spacial score (nSPS) is 12.3. The van der Waals surface area contributed by atoms with Crippen molar-refractivity contribution in [2.24, 2.45) is 0 Å². The van der Waals surface area contributed by atoms with Crippen molar-refractivity contribution in [3.05, 3.63) is 52.2 Å². The Labute approximate surface area is 118 Å². The molecule has 0 amide bonds. The number of hydrogen-bond donors (Lipinski definition) is 1. The summed E-state index contributed by atoms with van der Waals surface area (Å²) in [6, 6.07) is 12.1. The summed E-state index contributed by atoms with van der Waals surface area (Å²) in [6.45, 7) is 0. The van der Waals surface area contributed by atoms with Gasteiger partial charge in [-0.15, -0.1) is 11.3 Å². The van der Waals surface area contributed by atoms with Crippen molar-refractivity contribution in [1.82, 2.24) is 0 Å². The molecule has 19 heavy (non-hydrogen) atoms. The van der Waals surface area contributed by atoms with Crippen molar-refractivity contribution in [1.29, 1.82) is 0 Å². The first-order valence-corrected chi connectivity index (χ1v) is 7.49. The number of benzene rings is 1. The molecule has 0 radical (unpaired) electrons. The van der Waals surface area contributed by atoms with Crippen molar-refractivity contribution < 1.29 is 9.84 Å². The summed E-state index contributed by atoms with van der Waals surface area (Å²) in [5, 5.41) is 12.2. The lowest BCUT2D eigenvalue weighted by Crippen LogP contribution is -2.10. The van der Waals surface area contributed by atoms with E-state index in [2.05, 4.69) is 17.5 Å². The molecule has 3 heteroatoms. The fourth-order valence-corrected chi connectivity index (χ4v) is 2.89. The van der Waals surface area contributed by atoms with E-state index in [4.69, 9.17) is 4.74 Å². The highest BCUT2D eigenvalue weighted by atomic mass is 32.1. The van der Waals surface area contributed by atoms with Gasteiger partial charge in [0, 0.05) is 4.88 Å². The molecule has 1 aromatic carbocycles. The van der Waals surface area contributed by atoms with Gasteiger partial charge in [0.2, 0.25) is 0 Å². The maximum atomic E-state index is 10.1. The van der Waals surface area contributed by atoms with Gasteiger partial charge >= 0.3 is 0 Å². The second-order valence-corrected chi connectivity index (χ2v) is 5.71. The molecular formula is C16H20O2S. The number of ether oxygens (including phenoxy) is 1. The summed E-state index contributed by atoms with van der Waals surface area (Å²) in [5.41, 5.74) is 1.13. The predicted octanol–water partition coefficient (Wildman–Crippen LogP) is 3.68. The van der Waals surface area contributed by atoms with Gasteiger partial charge in [-0.3, -0.25) is 0 Å². The molecule has 0 saturated carbocycles. The molecule has 1 unspecified atom stereocenters. The molecule has 0 bridgehead atoms. The van der Waals surface area contributed by atoms with Gasteiger partial charge in [-0.05, 0) is 54.8 Å². The summed E-state index contributed by atoms with van der Waals surface area (Å²) in [7, 11) is 1.66. The van der Waals surface area contributed by atoms with E-state index in [0.717, 1.165) is 30.6 Å². The van der Waals surface area contributed by atoms with Crippen molar-refractivity contribution in [3.63, 3.8) is 0 Å². The van der Waals surface area contributed by atoms with Gasteiger partial charge in [0.25, 0.3) is 0 Å². The first kappa shape index (κ1) is 14.1. The lowest BCUT2D eigenvalue weighted by atomic mass is 10.0. The maximum absolute atomic E-state index is 10.1. The summed E-state index contributed by atoms with van der Waals surface area (Å²) in [5.74, 6) is 0.850. The lowest BCUT2D eigenvalue weighted by Gasteiger charge is -2.11. The predicted molar refractivity (Wildman–Crippen MR) is 80.0 cm³/mol. The third kappa shape index (κ3) is 4.69. The third-order valence-corrected chi connectivity index (χ3v) is 4.08. The van der Waals surface area contributed by atoms with Crippen LogP contribution in [0.2, 0.25) is 0 Å². The fourth-order valence-electron chi connectivity index (χ4n) is 2.14. The van der Waals surface area contributed by atoms with Crippen molar-refractivity contribution in [2.75, 3.05) is 7.11 Å². The molecule has 0 aliphatic heterocycles. The molecule has 0 saturated heterocycles. The van der Waals surface area contributed by atoms with E-state index in [-0.39, 0.29) is 6.10 Å². The summed E-state index contributed by atoms with van der Waals surface area (Å²) in [4.78, 5) is 1.40. The first-order valence-electron chi connectivity index (χ1n) is 6.61. The van der Waals surface area contributed by atoms with Crippen LogP contribution in [0.15, 0.2) is 41.8 Å². The second-order valence-electron chi connectivity index (χ2n) is 4.68. The minimum atomic E-state index is -0.271. The minimum Gasteiger partial charge on any atom is -0.497 e. The van der Waals surface area contributed by atoms with Gasteiger partial charge < -0.3 is 9.84 Å². The van der Waals surface area contributed by atoms with E-state index < -0.39 is 0 Å². The standard InChI is InChI=1S/C16H20O2S/c1-18-15-7-2-5-13(12-15)11-14(17)6-3-8-16-9-4-10-19-16/h2,4-5,7,9-10,12,14,17H,3,6,8,11H2,1H3. The number of aliphatic hydroxyl groups excluding tert-OH is 1. The van der Waals surface area contributed by atoms with Gasteiger partial charge in [0.15, 0.2) is 0 Å². The molecule has 0 fully saturated rings. The van der Waals surface area contributed by atoms with Crippen LogP contribution in [0.25, 0.3) is 0 Å². The average Bonchev–Trinajstić information content (AvgIpc) is 2.92. The second kappa shape index (κ2) is 7.31. The SMILES string of the molecule is COc1cccc(CC(O)CCCc2cccs2)c1. The van der Waals surface area contributed by atoms with Gasteiger partial charge in [-0.25, -0.2) is 0 Å². The van der Waals surface area contributed by atoms with Crippen LogP contribution in [0.3, 0.4) is 0 Å². The number of aryl methyl sites for hydroxylation is 1. The maximum Gasteiger partial charge on any atom is 0.119 e. The van der Waals surface area contributed by atoms with Crippen molar-refractivity contribution >= 4 is 11.3 Å². The Kier molecular flexibility index (Phi) is 5.43. The molecule has 2 nitrogen and oxygen atoms in total. The number of aliphatic hydroxyl groups is 1. The Morgan fingerprint density at radius 1 is 1.26 bits per heavy atom. The van der Waals surface area contributed by atoms with E-state index in [1.807, 2.05) is 24.3 Å². The zero-order valence-corrected chi connectivity index (χ0v) is 12.0. The molecule has 2 aromatic rings. The first-order chi connectivity index (χ1) is 9.28. The van der Waals surface area contributed by atoms with E-state index in [9.17, 15) is 5.11 Å². The lowest BCUT2D eigenvalue weighted by molar-refractivity contribution is 0.162. The van der Waals surface area contributed by atoms with Gasteiger partial charge in [-0.1, -0.05) is 18.2 Å². The molecule has 0 aliphatic rings. The Bertz CT molecular complexity index is 479. The Balaban J connectivity index is 1.75. The van der Waals surface area contributed by atoms with Gasteiger partial charge in [0.05, 0.1) is 13.2 Å². The summed E-state index contributed by atoms with van der Waals surface area (Å²) < 4.78 is 5.19. The van der Waals surface area contributed by atoms with Crippen LogP contribution in [0, 0.1) is 0 Å². The van der Waals surface area contributed by atoms with Crippen LogP contribution in [0.1, 0.15) is 23.3 Å². The van der Waals surface area contributed by atoms with Crippen LogP contribution in [-0.4, -0.2) is 18.3 Å². The molecule has 1 atom stereocenters. The summed E-state index contributed by atoms with van der Waals surface area (Å²) >= 11 is 1.79. The van der Waals surface area contributed by atoms with Crippen molar-refractivity contribution in [2.45, 2.75) is 31.8 Å². The quantitative estimate of drug-likeness (QED) is 0.836. The summed E-state index contributed by atoms with van der Waals surface area (Å²) in [6.07, 6.45) is 3.36. The molecule has 0 aliphatic carbocycles. The largest absolute Gasteiger partial charge is 0.497 e. The number of thiophene rings is 1. The molecule has 1 aromatic heterocycles. The molecule has 0 spiro atoms. The zero-order valence-electron chi connectivity index (χ0n) is 11.2. The Morgan fingerprint density at radius 3 is 2.89 bits per heavy atom. The molecule has 1 heterocycles. The molecule has 1 N–H and O–H groups in total. The minimum absolute atomic E-state index is 0.271. The van der Waals surface area contributed by atoms with E-state index >= 15 is 0 Å². The van der Waals surface area contributed by atoms with E-state index in [1.54, 1.807) is 18.4 Å². The van der Waals surface area contributed by atoms with Crippen LogP contribution >= 0.6 is 11.3 Å². The highest BCUT2D eigenvalue weighted by Gasteiger charge is 2.06. The fraction of sp³-hybridized carbons (Fsp3) is 0.375. The topological polar surface area (TPSA) is 29.5 Å². The highest BCUT2D eigenvalue weighted by Crippen LogP contribution is 2.17. The van der Waals surface area contributed by atoms with Crippen molar-refractivity contribution in [3.8, 4) is 5.75 Å². The van der Waals surface area contributed by atoms with E-state index in [1.165, 1.54) is 4.88 Å². The smallest absolute Gasteiger partial charge is 0.119 e.